The highest BCUT2D eigenvalue weighted by atomic mass is 19.1. The third-order valence-electron chi connectivity index (χ3n) is 5.20. The highest BCUT2D eigenvalue weighted by Crippen LogP contribution is 2.36. The van der Waals surface area contributed by atoms with Gasteiger partial charge in [0.05, 0.1) is 11.7 Å². The van der Waals surface area contributed by atoms with Gasteiger partial charge in [0, 0.05) is 33.4 Å². The van der Waals surface area contributed by atoms with Crippen LogP contribution >= 0.6 is 0 Å². The predicted octanol–water partition coefficient (Wildman–Crippen LogP) is 3.03. The lowest BCUT2D eigenvalue weighted by Gasteiger charge is -2.48. The number of hydrogen-bond acceptors (Lipinski definition) is 3. The average Bonchev–Trinajstić information content (AvgIpc) is 2.56. The maximum absolute atomic E-state index is 12.9. The second-order valence-electron chi connectivity index (χ2n) is 6.50. The molecule has 0 aliphatic carbocycles. The van der Waals surface area contributed by atoms with E-state index in [0.717, 1.165) is 58.3 Å². The van der Waals surface area contributed by atoms with E-state index in [-0.39, 0.29) is 17.5 Å². The van der Waals surface area contributed by atoms with Gasteiger partial charge in [-0.05, 0) is 49.8 Å². The van der Waals surface area contributed by atoms with Crippen molar-refractivity contribution in [1.82, 2.24) is 4.90 Å². The zero-order valence-corrected chi connectivity index (χ0v) is 13.4. The van der Waals surface area contributed by atoms with Crippen molar-refractivity contribution in [3.05, 3.63) is 35.6 Å². The molecule has 0 bridgehead atoms. The van der Waals surface area contributed by atoms with Crippen molar-refractivity contribution < 1.29 is 13.9 Å². The zero-order chi connectivity index (χ0) is 15.4. The third kappa shape index (κ3) is 3.50. The molecule has 0 N–H and O–H groups in total. The summed E-state index contributed by atoms with van der Waals surface area (Å²) in [6.45, 7) is 4.01. The Hall–Kier alpha value is -0.970. The van der Waals surface area contributed by atoms with Crippen LogP contribution in [-0.4, -0.2) is 50.0 Å². The Morgan fingerprint density at radius 3 is 2.68 bits per heavy atom. The molecule has 0 amide bonds. The predicted molar refractivity (Wildman–Crippen MR) is 84.5 cm³/mol. The standard InChI is InChI=1S/C18H26FNO2/c1-21-17-3-2-14-22-18(17)9-12-20(13-10-18)11-8-15-4-6-16(19)7-5-15/h4-7,17H,2-3,8-14H2,1H3/t17-/m0/s1. The summed E-state index contributed by atoms with van der Waals surface area (Å²) in [7, 11) is 1.81. The lowest BCUT2D eigenvalue weighted by Crippen LogP contribution is -2.56. The molecule has 2 aliphatic heterocycles. The molecule has 0 saturated carbocycles. The minimum atomic E-state index is -0.163. The summed E-state index contributed by atoms with van der Waals surface area (Å²) in [5.41, 5.74) is 1.14. The van der Waals surface area contributed by atoms with Gasteiger partial charge in [-0.2, -0.15) is 0 Å². The van der Waals surface area contributed by atoms with Crippen LogP contribution in [0.4, 0.5) is 4.39 Å². The molecule has 2 fully saturated rings. The van der Waals surface area contributed by atoms with Crippen LogP contribution in [0.15, 0.2) is 24.3 Å². The summed E-state index contributed by atoms with van der Waals surface area (Å²) >= 11 is 0. The van der Waals surface area contributed by atoms with E-state index in [0.29, 0.717) is 0 Å². The fourth-order valence-electron chi connectivity index (χ4n) is 3.79. The first kappa shape index (κ1) is 15.9. The summed E-state index contributed by atoms with van der Waals surface area (Å²) in [6, 6.07) is 6.84. The van der Waals surface area contributed by atoms with E-state index in [2.05, 4.69) is 4.90 Å². The summed E-state index contributed by atoms with van der Waals surface area (Å²) in [6.07, 6.45) is 5.55. The van der Waals surface area contributed by atoms with Crippen LogP contribution in [0.5, 0.6) is 0 Å². The highest BCUT2D eigenvalue weighted by molar-refractivity contribution is 5.16. The molecule has 4 heteroatoms. The van der Waals surface area contributed by atoms with Crippen molar-refractivity contribution in [2.45, 2.75) is 43.8 Å². The third-order valence-corrected chi connectivity index (χ3v) is 5.20. The van der Waals surface area contributed by atoms with Crippen LogP contribution in [0.1, 0.15) is 31.2 Å². The molecule has 2 saturated heterocycles. The Balaban J connectivity index is 1.50. The molecule has 1 atom stereocenters. The van der Waals surface area contributed by atoms with Crippen LogP contribution in [-0.2, 0) is 15.9 Å². The molecule has 3 nitrogen and oxygen atoms in total. The van der Waals surface area contributed by atoms with Gasteiger partial charge in [0.2, 0.25) is 0 Å². The summed E-state index contributed by atoms with van der Waals surface area (Å²) in [5.74, 6) is -0.163. The van der Waals surface area contributed by atoms with Crippen molar-refractivity contribution >= 4 is 0 Å². The zero-order valence-electron chi connectivity index (χ0n) is 13.4. The van der Waals surface area contributed by atoms with Gasteiger partial charge in [-0.1, -0.05) is 12.1 Å². The first-order valence-electron chi connectivity index (χ1n) is 8.35. The molecule has 1 aromatic rings. The molecule has 3 rings (SSSR count). The molecule has 0 aromatic heterocycles. The van der Waals surface area contributed by atoms with Gasteiger partial charge in [-0.3, -0.25) is 0 Å². The van der Waals surface area contributed by atoms with Crippen molar-refractivity contribution in [1.29, 1.82) is 0 Å². The van der Waals surface area contributed by atoms with Gasteiger partial charge in [0.25, 0.3) is 0 Å². The number of ether oxygens (including phenoxy) is 2. The van der Waals surface area contributed by atoms with Crippen molar-refractivity contribution in [2.75, 3.05) is 33.4 Å². The quantitative estimate of drug-likeness (QED) is 0.853. The number of hydrogen-bond donors (Lipinski definition) is 0. The van der Waals surface area contributed by atoms with Crippen molar-refractivity contribution in [3.8, 4) is 0 Å². The minimum absolute atomic E-state index is 0.0562. The van der Waals surface area contributed by atoms with Gasteiger partial charge in [-0.15, -0.1) is 0 Å². The number of nitrogens with zero attached hydrogens (tertiary/aromatic N) is 1. The van der Waals surface area contributed by atoms with E-state index >= 15 is 0 Å². The fraction of sp³-hybridized carbons (Fsp3) is 0.667. The molecule has 1 spiro atoms. The maximum Gasteiger partial charge on any atom is 0.123 e. The summed E-state index contributed by atoms with van der Waals surface area (Å²) in [5, 5.41) is 0. The highest BCUT2D eigenvalue weighted by Gasteiger charge is 2.44. The number of rotatable bonds is 4. The van der Waals surface area contributed by atoms with Crippen molar-refractivity contribution in [3.63, 3.8) is 0 Å². The lowest BCUT2D eigenvalue weighted by atomic mass is 9.82. The Bertz CT molecular complexity index is 468. The van der Waals surface area contributed by atoms with Gasteiger partial charge in [-0.25, -0.2) is 4.39 Å². The number of methoxy groups -OCH3 is 1. The Labute approximate surface area is 132 Å². The van der Waals surface area contributed by atoms with Crippen LogP contribution in [0.25, 0.3) is 0 Å². The topological polar surface area (TPSA) is 21.7 Å². The fourth-order valence-corrected chi connectivity index (χ4v) is 3.79. The van der Waals surface area contributed by atoms with E-state index in [1.807, 2.05) is 19.2 Å². The van der Waals surface area contributed by atoms with E-state index in [9.17, 15) is 4.39 Å². The monoisotopic (exact) mass is 307 g/mol. The first-order valence-corrected chi connectivity index (χ1v) is 8.35. The lowest BCUT2D eigenvalue weighted by molar-refractivity contribution is -0.186. The van der Waals surface area contributed by atoms with E-state index in [4.69, 9.17) is 9.47 Å². The maximum atomic E-state index is 12.9. The van der Waals surface area contributed by atoms with Crippen LogP contribution in [0.3, 0.4) is 0 Å². The molecule has 2 heterocycles. The molecule has 0 radical (unpaired) electrons. The SMILES string of the molecule is CO[C@H]1CCCOC12CCN(CCc1ccc(F)cc1)CC2. The van der Waals surface area contributed by atoms with Gasteiger partial charge >= 0.3 is 0 Å². The van der Waals surface area contributed by atoms with Crippen LogP contribution in [0, 0.1) is 5.82 Å². The molecule has 22 heavy (non-hydrogen) atoms. The summed E-state index contributed by atoms with van der Waals surface area (Å²) in [4.78, 5) is 2.49. The van der Waals surface area contributed by atoms with E-state index < -0.39 is 0 Å². The average molecular weight is 307 g/mol. The normalized spacial score (nSPS) is 25.5. The van der Waals surface area contributed by atoms with Crippen molar-refractivity contribution in [2.24, 2.45) is 0 Å². The summed E-state index contributed by atoms with van der Waals surface area (Å²) < 4.78 is 24.7. The largest absolute Gasteiger partial charge is 0.378 e. The Kier molecular flexibility index (Phi) is 5.11. The second kappa shape index (κ2) is 7.07. The minimum Gasteiger partial charge on any atom is -0.378 e. The number of piperidine rings is 1. The number of halogens is 1. The Morgan fingerprint density at radius 1 is 1.27 bits per heavy atom. The molecular weight excluding hydrogens is 281 g/mol. The van der Waals surface area contributed by atoms with Gasteiger partial charge in [0.15, 0.2) is 0 Å². The number of likely N-dealkylation sites (tertiary alicyclic amines) is 1. The smallest absolute Gasteiger partial charge is 0.123 e. The second-order valence-corrected chi connectivity index (χ2v) is 6.50. The van der Waals surface area contributed by atoms with E-state index in [1.165, 1.54) is 5.56 Å². The molecule has 2 aliphatic rings. The molecule has 122 valence electrons. The number of benzene rings is 1. The van der Waals surface area contributed by atoms with E-state index in [1.54, 1.807) is 12.1 Å². The van der Waals surface area contributed by atoms with Gasteiger partial charge in [0.1, 0.15) is 5.82 Å². The Morgan fingerprint density at radius 2 is 2.00 bits per heavy atom. The van der Waals surface area contributed by atoms with Crippen LogP contribution < -0.4 is 0 Å². The van der Waals surface area contributed by atoms with Gasteiger partial charge < -0.3 is 14.4 Å². The first-order chi connectivity index (χ1) is 10.7. The molecular formula is C18H26FNO2. The molecule has 1 aromatic carbocycles. The molecule has 0 unspecified atom stereocenters. The van der Waals surface area contributed by atoms with Crippen LogP contribution in [0.2, 0.25) is 0 Å².